The van der Waals surface area contributed by atoms with Gasteiger partial charge in [-0.25, -0.2) is 0 Å². The molecule has 23 heavy (non-hydrogen) atoms. The highest BCUT2D eigenvalue weighted by Crippen LogP contribution is 2.12. The summed E-state index contributed by atoms with van der Waals surface area (Å²) >= 11 is 1.09. The Hall–Kier alpha value is -2.87. The summed E-state index contributed by atoms with van der Waals surface area (Å²) in [6.45, 7) is 2.83. The highest BCUT2D eigenvalue weighted by atomic mass is 32.1. The number of carbonyl (C=O) groups is 1. The van der Waals surface area contributed by atoms with Gasteiger partial charge in [0, 0.05) is 6.92 Å². The second-order valence-corrected chi connectivity index (χ2v) is 5.78. The number of rotatable bonds is 2. The van der Waals surface area contributed by atoms with Gasteiger partial charge in [0.2, 0.25) is 4.96 Å². The minimum absolute atomic E-state index is 0.176. The Kier molecular flexibility index (Phi) is 3.75. The van der Waals surface area contributed by atoms with Crippen LogP contribution in [0.15, 0.2) is 33.9 Å². The number of hydrogen-bond acceptors (Lipinski definition) is 7. The number of ether oxygens (including phenoxy) is 1. The first-order chi connectivity index (χ1) is 10.9. The minimum Gasteiger partial charge on any atom is -0.427 e. The standard InChI is InChI=1S/C15H11N3O4S/c1-8-13(20)16-15-18(17-8)14(21)12(23-15)7-10-3-5-11(6-4-10)22-9(2)19/h3-7H,1-2H3. The zero-order valence-corrected chi connectivity index (χ0v) is 13.1. The van der Waals surface area contributed by atoms with Crippen LogP contribution >= 0.6 is 11.3 Å². The van der Waals surface area contributed by atoms with Crippen molar-refractivity contribution in [3.8, 4) is 5.75 Å². The van der Waals surface area contributed by atoms with E-state index in [0.717, 1.165) is 21.4 Å². The highest BCUT2D eigenvalue weighted by molar-refractivity contribution is 7.15. The second kappa shape index (κ2) is 5.73. The number of esters is 1. The average molecular weight is 329 g/mol. The Labute approximate surface area is 133 Å². The van der Waals surface area contributed by atoms with Crippen molar-refractivity contribution in [2.24, 2.45) is 0 Å². The fraction of sp³-hybridized carbons (Fsp3) is 0.133. The van der Waals surface area contributed by atoms with Gasteiger partial charge in [-0.1, -0.05) is 23.5 Å². The molecule has 7 nitrogen and oxygen atoms in total. The topological polar surface area (TPSA) is 90.6 Å². The van der Waals surface area contributed by atoms with E-state index in [1.54, 1.807) is 30.3 Å². The van der Waals surface area contributed by atoms with E-state index in [0.29, 0.717) is 10.3 Å². The van der Waals surface area contributed by atoms with Gasteiger partial charge in [-0.3, -0.25) is 14.4 Å². The van der Waals surface area contributed by atoms with Crippen molar-refractivity contribution in [2.45, 2.75) is 13.8 Å². The molecule has 0 amide bonds. The Morgan fingerprint density at radius 3 is 2.61 bits per heavy atom. The Morgan fingerprint density at radius 2 is 1.96 bits per heavy atom. The summed E-state index contributed by atoms with van der Waals surface area (Å²) < 4.78 is 6.48. The third-order valence-corrected chi connectivity index (χ3v) is 3.94. The number of benzene rings is 1. The third kappa shape index (κ3) is 3.02. The molecule has 0 bridgehead atoms. The summed E-state index contributed by atoms with van der Waals surface area (Å²) in [4.78, 5) is 38.7. The molecule has 0 aliphatic heterocycles. The number of fused-ring (bicyclic) bond motifs is 1. The van der Waals surface area contributed by atoms with Crippen LogP contribution in [-0.2, 0) is 4.79 Å². The van der Waals surface area contributed by atoms with Gasteiger partial charge in [0.1, 0.15) is 11.4 Å². The Morgan fingerprint density at radius 1 is 1.26 bits per heavy atom. The highest BCUT2D eigenvalue weighted by Gasteiger charge is 2.08. The van der Waals surface area contributed by atoms with Gasteiger partial charge in [0.25, 0.3) is 11.1 Å². The van der Waals surface area contributed by atoms with Crippen LogP contribution in [0.3, 0.4) is 0 Å². The first-order valence-electron chi connectivity index (χ1n) is 6.65. The summed E-state index contributed by atoms with van der Waals surface area (Å²) in [6.07, 6.45) is 1.67. The summed E-state index contributed by atoms with van der Waals surface area (Å²) in [6, 6.07) is 6.71. The lowest BCUT2D eigenvalue weighted by Gasteiger charge is -2.00. The molecule has 0 saturated carbocycles. The van der Waals surface area contributed by atoms with Crippen molar-refractivity contribution >= 4 is 28.3 Å². The van der Waals surface area contributed by atoms with Gasteiger partial charge >= 0.3 is 5.97 Å². The van der Waals surface area contributed by atoms with E-state index in [9.17, 15) is 14.4 Å². The monoisotopic (exact) mass is 329 g/mol. The summed E-state index contributed by atoms with van der Waals surface area (Å²) in [5.41, 5.74) is 0.159. The third-order valence-electron chi connectivity index (χ3n) is 2.98. The van der Waals surface area contributed by atoms with E-state index < -0.39 is 11.5 Å². The maximum atomic E-state index is 12.3. The van der Waals surface area contributed by atoms with Crippen LogP contribution in [0, 0.1) is 6.92 Å². The first-order valence-corrected chi connectivity index (χ1v) is 7.46. The molecule has 2 aromatic heterocycles. The van der Waals surface area contributed by atoms with Crippen LogP contribution in [0.4, 0.5) is 0 Å². The first kappa shape index (κ1) is 15.0. The molecule has 2 heterocycles. The molecule has 0 radical (unpaired) electrons. The lowest BCUT2D eigenvalue weighted by Crippen LogP contribution is -2.27. The SMILES string of the molecule is CC(=O)Oc1ccc(C=c2sc3nc(=O)c(C)nn3c2=O)cc1. The molecule has 0 fully saturated rings. The Balaban J connectivity index is 2.07. The molecule has 0 spiro atoms. The lowest BCUT2D eigenvalue weighted by atomic mass is 10.2. The van der Waals surface area contributed by atoms with Crippen LogP contribution in [0.5, 0.6) is 5.75 Å². The van der Waals surface area contributed by atoms with Crippen molar-refractivity contribution in [1.82, 2.24) is 14.6 Å². The van der Waals surface area contributed by atoms with Gasteiger partial charge < -0.3 is 4.74 Å². The number of aryl methyl sites for hydroxylation is 1. The van der Waals surface area contributed by atoms with Gasteiger partial charge in [-0.15, -0.1) is 0 Å². The zero-order chi connectivity index (χ0) is 16.6. The number of hydrogen-bond donors (Lipinski definition) is 0. The normalized spacial score (nSPS) is 11.8. The summed E-state index contributed by atoms with van der Waals surface area (Å²) in [7, 11) is 0. The van der Waals surface area contributed by atoms with Gasteiger partial charge in [-0.2, -0.15) is 14.6 Å². The zero-order valence-electron chi connectivity index (χ0n) is 12.3. The molecule has 116 valence electrons. The van der Waals surface area contributed by atoms with Crippen LogP contribution < -0.4 is 20.4 Å². The number of nitrogens with zero attached hydrogens (tertiary/aromatic N) is 3. The fourth-order valence-corrected chi connectivity index (χ4v) is 2.84. The van der Waals surface area contributed by atoms with E-state index in [-0.39, 0.29) is 16.2 Å². The fourth-order valence-electron chi connectivity index (χ4n) is 1.94. The average Bonchev–Trinajstić information content (AvgIpc) is 2.78. The molecular formula is C15H11N3O4S. The molecule has 0 saturated heterocycles. The quantitative estimate of drug-likeness (QED) is 0.496. The maximum Gasteiger partial charge on any atom is 0.308 e. The molecule has 0 unspecified atom stereocenters. The number of carbonyl (C=O) groups excluding carboxylic acids is 1. The molecule has 3 aromatic rings. The predicted molar refractivity (Wildman–Crippen MR) is 84.7 cm³/mol. The minimum atomic E-state index is -0.441. The van der Waals surface area contributed by atoms with E-state index in [1.165, 1.54) is 13.8 Å². The van der Waals surface area contributed by atoms with Gasteiger partial charge in [0.05, 0.1) is 4.53 Å². The van der Waals surface area contributed by atoms with Crippen molar-refractivity contribution in [2.75, 3.05) is 0 Å². The smallest absolute Gasteiger partial charge is 0.308 e. The molecule has 0 atom stereocenters. The van der Waals surface area contributed by atoms with Crippen molar-refractivity contribution < 1.29 is 9.53 Å². The van der Waals surface area contributed by atoms with E-state index in [1.807, 2.05) is 0 Å². The molecule has 1 aromatic carbocycles. The largest absolute Gasteiger partial charge is 0.427 e. The molecule has 3 rings (SSSR count). The van der Waals surface area contributed by atoms with E-state index in [4.69, 9.17) is 4.74 Å². The van der Waals surface area contributed by atoms with Gasteiger partial charge in [-0.05, 0) is 30.7 Å². The molecule has 8 heteroatoms. The summed E-state index contributed by atoms with van der Waals surface area (Å²) in [5.74, 6) is 0.0306. The molecule has 0 aliphatic rings. The van der Waals surface area contributed by atoms with E-state index in [2.05, 4.69) is 10.1 Å². The van der Waals surface area contributed by atoms with E-state index >= 15 is 0 Å². The number of thiazole rings is 1. The van der Waals surface area contributed by atoms with Crippen molar-refractivity contribution in [1.29, 1.82) is 0 Å². The lowest BCUT2D eigenvalue weighted by molar-refractivity contribution is -0.131. The van der Waals surface area contributed by atoms with Crippen molar-refractivity contribution in [3.63, 3.8) is 0 Å². The van der Waals surface area contributed by atoms with Crippen LogP contribution in [0.2, 0.25) is 0 Å². The molecule has 0 N–H and O–H groups in total. The second-order valence-electron chi connectivity index (χ2n) is 4.78. The number of aromatic nitrogens is 3. The maximum absolute atomic E-state index is 12.3. The summed E-state index contributed by atoms with van der Waals surface area (Å²) in [5, 5.41) is 3.95. The molecular weight excluding hydrogens is 318 g/mol. The molecule has 0 aliphatic carbocycles. The Bertz CT molecular complexity index is 1070. The van der Waals surface area contributed by atoms with Gasteiger partial charge in [0.15, 0.2) is 0 Å². The van der Waals surface area contributed by atoms with Crippen LogP contribution in [-0.4, -0.2) is 20.6 Å². The van der Waals surface area contributed by atoms with Crippen LogP contribution in [0.1, 0.15) is 18.2 Å². The predicted octanol–water partition coefficient (Wildman–Crippen LogP) is 0.293. The van der Waals surface area contributed by atoms with Crippen molar-refractivity contribution in [3.05, 3.63) is 60.8 Å². The van der Waals surface area contributed by atoms with Crippen LogP contribution in [0.25, 0.3) is 11.0 Å².